The van der Waals surface area contributed by atoms with Crippen molar-refractivity contribution in [1.82, 2.24) is 4.90 Å². The summed E-state index contributed by atoms with van der Waals surface area (Å²) >= 11 is 0. The lowest BCUT2D eigenvalue weighted by atomic mass is 9.82. The first kappa shape index (κ1) is 13.1. The molecule has 1 heterocycles. The van der Waals surface area contributed by atoms with Crippen molar-refractivity contribution in [3.05, 3.63) is 11.6 Å². The molecule has 98 valence electrons. The van der Waals surface area contributed by atoms with Crippen LogP contribution in [-0.2, 0) is 0 Å². The van der Waals surface area contributed by atoms with Crippen molar-refractivity contribution in [2.75, 3.05) is 19.6 Å². The van der Waals surface area contributed by atoms with Crippen LogP contribution in [0.3, 0.4) is 0 Å². The summed E-state index contributed by atoms with van der Waals surface area (Å²) in [6.45, 7) is 10.2. The first-order valence-electron chi connectivity index (χ1n) is 7.16. The molecule has 2 aliphatic rings. The molecule has 0 spiro atoms. The molecule has 1 fully saturated rings. The molecule has 0 radical (unpaired) electrons. The average molecular weight is 236 g/mol. The predicted octanol–water partition coefficient (Wildman–Crippen LogP) is 2.79. The van der Waals surface area contributed by atoms with Crippen molar-refractivity contribution in [2.24, 2.45) is 17.1 Å². The fourth-order valence-electron chi connectivity index (χ4n) is 3.44. The molecular weight excluding hydrogens is 208 g/mol. The number of hydrogen-bond acceptors (Lipinski definition) is 2. The Labute approximate surface area is 106 Å². The monoisotopic (exact) mass is 236 g/mol. The van der Waals surface area contributed by atoms with Crippen LogP contribution in [0, 0.1) is 11.3 Å². The summed E-state index contributed by atoms with van der Waals surface area (Å²) in [4.78, 5) is 2.67. The van der Waals surface area contributed by atoms with Crippen molar-refractivity contribution in [2.45, 2.75) is 52.5 Å². The molecule has 2 rings (SSSR count). The lowest BCUT2D eigenvalue weighted by molar-refractivity contribution is 0.169. The van der Waals surface area contributed by atoms with Crippen LogP contribution in [0.1, 0.15) is 46.5 Å². The largest absolute Gasteiger partial charge is 0.330 e. The van der Waals surface area contributed by atoms with Gasteiger partial charge in [-0.1, -0.05) is 38.8 Å². The summed E-state index contributed by atoms with van der Waals surface area (Å²) < 4.78 is 0. The van der Waals surface area contributed by atoms with Gasteiger partial charge in [0, 0.05) is 19.1 Å². The van der Waals surface area contributed by atoms with E-state index in [0.717, 1.165) is 25.0 Å². The molecule has 2 heteroatoms. The van der Waals surface area contributed by atoms with Crippen LogP contribution in [-0.4, -0.2) is 30.6 Å². The second kappa shape index (κ2) is 5.11. The number of hydrogen-bond donors (Lipinski definition) is 1. The summed E-state index contributed by atoms with van der Waals surface area (Å²) in [5, 5.41) is 0. The van der Waals surface area contributed by atoms with Crippen molar-refractivity contribution < 1.29 is 0 Å². The minimum Gasteiger partial charge on any atom is -0.330 e. The highest BCUT2D eigenvalue weighted by molar-refractivity contribution is 5.15. The van der Waals surface area contributed by atoms with Gasteiger partial charge in [-0.15, -0.1) is 0 Å². The van der Waals surface area contributed by atoms with E-state index in [1.165, 1.54) is 32.2 Å². The van der Waals surface area contributed by atoms with E-state index in [9.17, 15) is 0 Å². The summed E-state index contributed by atoms with van der Waals surface area (Å²) in [5.74, 6) is 0.750. The summed E-state index contributed by atoms with van der Waals surface area (Å²) in [6, 6.07) is 0.762. The highest BCUT2D eigenvalue weighted by Gasteiger charge is 2.32. The van der Waals surface area contributed by atoms with Crippen LogP contribution in [0.2, 0.25) is 0 Å². The summed E-state index contributed by atoms with van der Waals surface area (Å²) in [6.07, 6.45) is 7.79. The molecule has 2 N–H and O–H groups in total. The average Bonchev–Trinajstić information content (AvgIpc) is 2.76. The quantitative estimate of drug-likeness (QED) is 0.747. The van der Waals surface area contributed by atoms with Crippen LogP contribution < -0.4 is 5.73 Å². The molecule has 0 aromatic heterocycles. The van der Waals surface area contributed by atoms with E-state index in [0.29, 0.717) is 5.41 Å². The van der Waals surface area contributed by atoms with Crippen molar-refractivity contribution in [1.29, 1.82) is 0 Å². The molecule has 1 aliphatic carbocycles. The van der Waals surface area contributed by atoms with Crippen LogP contribution in [0.25, 0.3) is 0 Å². The molecule has 2 atom stereocenters. The highest BCUT2D eigenvalue weighted by atomic mass is 15.2. The molecule has 0 aromatic carbocycles. The lowest BCUT2D eigenvalue weighted by Crippen LogP contribution is -2.43. The van der Waals surface area contributed by atoms with Gasteiger partial charge in [0.15, 0.2) is 0 Å². The Bertz CT molecular complexity index is 288. The fourth-order valence-corrected chi connectivity index (χ4v) is 3.44. The normalized spacial score (nSPS) is 31.6. The van der Waals surface area contributed by atoms with Gasteiger partial charge in [0.2, 0.25) is 0 Å². The van der Waals surface area contributed by atoms with E-state index in [1.54, 1.807) is 5.57 Å². The van der Waals surface area contributed by atoms with Gasteiger partial charge in [0.1, 0.15) is 0 Å². The minimum atomic E-state index is 0.356. The SMILES string of the molecule is CC(C)(C)C1=CCN(C2CCCC2CN)CC1. The number of nitrogens with zero attached hydrogens (tertiary/aromatic N) is 1. The Hall–Kier alpha value is -0.340. The zero-order valence-electron chi connectivity index (χ0n) is 11.7. The van der Waals surface area contributed by atoms with Crippen molar-refractivity contribution in [3.63, 3.8) is 0 Å². The first-order chi connectivity index (χ1) is 8.02. The molecule has 1 aliphatic heterocycles. The molecule has 2 nitrogen and oxygen atoms in total. The molecule has 0 amide bonds. The van der Waals surface area contributed by atoms with Crippen molar-refractivity contribution >= 4 is 0 Å². The van der Waals surface area contributed by atoms with Crippen LogP contribution in [0.5, 0.6) is 0 Å². The van der Waals surface area contributed by atoms with Crippen LogP contribution >= 0.6 is 0 Å². The molecule has 0 bridgehead atoms. The Morgan fingerprint density at radius 1 is 1.35 bits per heavy atom. The zero-order valence-corrected chi connectivity index (χ0v) is 11.7. The van der Waals surface area contributed by atoms with E-state index in [1.807, 2.05) is 0 Å². The van der Waals surface area contributed by atoms with E-state index in [4.69, 9.17) is 5.73 Å². The standard InChI is InChI=1S/C15H28N2/c1-15(2,3)13-7-9-17(10-8-13)14-6-4-5-12(14)11-16/h7,12,14H,4-6,8-11,16H2,1-3H3. The Balaban J connectivity index is 1.97. The molecule has 17 heavy (non-hydrogen) atoms. The minimum absolute atomic E-state index is 0.356. The van der Waals surface area contributed by atoms with Gasteiger partial charge in [0.25, 0.3) is 0 Å². The first-order valence-corrected chi connectivity index (χ1v) is 7.16. The van der Waals surface area contributed by atoms with Gasteiger partial charge in [-0.3, -0.25) is 4.90 Å². The van der Waals surface area contributed by atoms with E-state index in [2.05, 4.69) is 31.7 Å². The third-order valence-corrected chi connectivity index (χ3v) is 4.59. The maximum atomic E-state index is 5.89. The van der Waals surface area contributed by atoms with Crippen LogP contribution in [0.15, 0.2) is 11.6 Å². The lowest BCUT2D eigenvalue weighted by Gasteiger charge is -2.37. The van der Waals surface area contributed by atoms with E-state index in [-0.39, 0.29) is 0 Å². The molecule has 1 saturated carbocycles. The van der Waals surface area contributed by atoms with E-state index >= 15 is 0 Å². The zero-order chi connectivity index (χ0) is 12.5. The van der Waals surface area contributed by atoms with Gasteiger partial charge in [0.05, 0.1) is 0 Å². The third-order valence-electron chi connectivity index (χ3n) is 4.59. The third kappa shape index (κ3) is 2.92. The molecule has 2 unspecified atom stereocenters. The highest BCUT2D eigenvalue weighted by Crippen LogP contribution is 2.34. The summed E-state index contributed by atoms with van der Waals surface area (Å²) in [7, 11) is 0. The van der Waals surface area contributed by atoms with Gasteiger partial charge in [-0.05, 0) is 37.1 Å². The van der Waals surface area contributed by atoms with Gasteiger partial charge >= 0.3 is 0 Å². The van der Waals surface area contributed by atoms with Gasteiger partial charge < -0.3 is 5.73 Å². The number of nitrogens with two attached hydrogens (primary N) is 1. The Morgan fingerprint density at radius 3 is 2.65 bits per heavy atom. The Kier molecular flexibility index (Phi) is 3.94. The van der Waals surface area contributed by atoms with Gasteiger partial charge in [-0.2, -0.15) is 0 Å². The second-order valence-corrected chi connectivity index (χ2v) is 6.72. The molecule has 0 aromatic rings. The number of rotatable bonds is 2. The van der Waals surface area contributed by atoms with Crippen molar-refractivity contribution in [3.8, 4) is 0 Å². The Morgan fingerprint density at radius 2 is 2.12 bits per heavy atom. The fraction of sp³-hybridized carbons (Fsp3) is 0.867. The van der Waals surface area contributed by atoms with E-state index < -0.39 is 0 Å². The summed E-state index contributed by atoms with van der Waals surface area (Å²) in [5.41, 5.74) is 7.88. The second-order valence-electron chi connectivity index (χ2n) is 6.72. The topological polar surface area (TPSA) is 29.3 Å². The maximum Gasteiger partial charge on any atom is 0.0169 e. The maximum absolute atomic E-state index is 5.89. The molecular formula is C15H28N2. The molecule has 0 saturated heterocycles. The van der Waals surface area contributed by atoms with Gasteiger partial charge in [-0.25, -0.2) is 0 Å². The predicted molar refractivity (Wildman–Crippen MR) is 73.9 cm³/mol. The van der Waals surface area contributed by atoms with Crippen LogP contribution in [0.4, 0.5) is 0 Å². The smallest absolute Gasteiger partial charge is 0.0169 e.